The molecule has 1 aliphatic rings. The number of halogens is 1. The van der Waals surface area contributed by atoms with Gasteiger partial charge in [0, 0.05) is 29.1 Å². The average Bonchev–Trinajstić information content (AvgIpc) is 3.48. The number of fused-ring (bicyclic) bond motifs is 1. The minimum Gasteiger partial charge on any atom is -0.437 e. The SMILES string of the molecule is O=C1CC(c2ccsc2)(c2cccc(Oc3cccc4cccnc34)n2)N(S)C(=O)C1c1ccccc1Cl. The summed E-state index contributed by atoms with van der Waals surface area (Å²) >= 11 is 12.6. The van der Waals surface area contributed by atoms with Crippen LogP contribution < -0.4 is 4.74 Å². The van der Waals surface area contributed by atoms with E-state index in [1.807, 2.05) is 47.2 Å². The maximum absolute atomic E-state index is 13.8. The summed E-state index contributed by atoms with van der Waals surface area (Å²) in [4.78, 5) is 36.7. The molecular weight excluding hydrogens is 538 g/mol. The number of nitrogens with zero attached hydrogens (tertiary/aromatic N) is 3. The molecule has 0 N–H and O–H groups in total. The Hall–Kier alpha value is -3.72. The molecule has 2 unspecified atom stereocenters. The maximum atomic E-state index is 13.8. The van der Waals surface area contributed by atoms with E-state index in [0.717, 1.165) is 10.9 Å². The van der Waals surface area contributed by atoms with Gasteiger partial charge in [-0.05, 0) is 52.2 Å². The summed E-state index contributed by atoms with van der Waals surface area (Å²) in [5, 5.41) is 5.10. The highest BCUT2D eigenvalue weighted by atomic mass is 35.5. The van der Waals surface area contributed by atoms with Crippen molar-refractivity contribution < 1.29 is 14.3 Å². The molecule has 2 aromatic carbocycles. The maximum Gasteiger partial charge on any atom is 0.248 e. The summed E-state index contributed by atoms with van der Waals surface area (Å²) < 4.78 is 7.51. The smallest absolute Gasteiger partial charge is 0.248 e. The fourth-order valence-electron chi connectivity index (χ4n) is 4.94. The highest BCUT2D eigenvalue weighted by Gasteiger charge is 2.53. The molecular formula is C29H20ClN3O3S2. The van der Waals surface area contributed by atoms with Crippen LogP contribution in [-0.2, 0) is 15.1 Å². The van der Waals surface area contributed by atoms with Crippen LogP contribution >= 0.6 is 35.8 Å². The van der Waals surface area contributed by atoms with Crippen LogP contribution in [0.15, 0.2) is 95.8 Å². The van der Waals surface area contributed by atoms with E-state index in [2.05, 4.69) is 4.98 Å². The second-order valence-corrected chi connectivity index (χ2v) is 10.5. The lowest BCUT2D eigenvalue weighted by Crippen LogP contribution is -2.54. The quantitative estimate of drug-likeness (QED) is 0.190. The number of benzene rings is 2. The molecule has 5 aromatic rings. The Balaban J connectivity index is 1.44. The van der Waals surface area contributed by atoms with Crippen molar-refractivity contribution >= 4 is 58.3 Å². The first kappa shape index (κ1) is 24.6. The summed E-state index contributed by atoms with van der Waals surface area (Å²) in [5.74, 6) is -0.907. The van der Waals surface area contributed by atoms with Crippen molar-refractivity contribution in [2.24, 2.45) is 0 Å². The van der Waals surface area contributed by atoms with Gasteiger partial charge in [-0.25, -0.2) is 4.98 Å². The van der Waals surface area contributed by atoms with E-state index in [-0.39, 0.29) is 12.2 Å². The summed E-state index contributed by atoms with van der Waals surface area (Å²) in [5.41, 5.74) is 1.15. The largest absolute Gasteiger partial charge is 0.437 e. The van der Waals surface area contributed by atoms with Crippen molar-refractivity contribution in [3.63, 3.8) is 0 Å². The number of amides is 1. The highest BCUT2D eigenvalue weighted by molar-refractivity contribution is 7.78. The Labute approximate surface area is 233 Å². The predicted molar refractivity (Wildman–Crippen MR) is 151 cm³/mol. The van der Waals surface area contributed by atoms with Crippen molar-refractivity contribution in [1.82, 2.24) is 14.3 Å². The van der Waals surface area contributed by atoms with E-state index < -0.39 is 17.4 Å². The van der Waals surface area contributed by atoms with Crippen molar-refractivity contribution in [2.45, 2.75) is 17.9 Å². The Kier molecular flexibility index (Phi) is 6.39. The predicted octanol–water partition coefficient (Wildman–Crippen LogP) is 6.81. The first-order chi connectivity index (χ1) is 18.5. The number of ketones is 1. The molecule has 1 saturated heterocycles. The molecule has 1 amide bonds. The molecule has 1 aliphatic heterocycles. The topological polar surface area (TPSA) is 72.4 Å². The normalized spacial score (nSPS) is 19.6. The summed E-state index contributed by atoms with van der Waals surface area (Å²) in [6.45, 7) is 0. The van der Waals surface area contributed by atoms with Gasteiger partial charge in [0.25, 0.3) is 0 Å². The Morgan fingerprint density at radius 3 is 2.63 bits per heavy atom. The van der Waals surface area contributed by atoms with Crippen LogP contribution in [-0.4, -0.2) is 26.0 Å². The first-order valence-electron chi connectivity index (χ1n) is 11.8. The van der Waals surface area contributed by atoms with Gasteiger partial charge in [0.15, 0.2) is 11.5 Å². The number of ether oxygens (including phenoxy) is 1. The van der Waals surface area contributed by atoms with E-state index in [9.17, 15) is 9.59 Å². The summed E-state index contributed by atoms with van der Waals surface area (Å²) in [6.07, 6.45) is 1.68. The molecule has 0 radical (unpaired) electrons. The second-order valence-electron chi connectivity index (χ2n) is 8.91. The number of Topliss-reactive ketones (excluding diaryl/α,β-unsaturated/α-hetero) is 1. The zero-order valence-electron chi connectivity index (χ0n) is 19.8. The lowest BCUT2D eigenvalue weighted by atomic mass is 9.75. The van der Waals surface area contributed by atoms with Gasteiger partial charge in [-0.15, -0.1) is 0 Å². The van der Waals surface area contributed by atoms with Gasteiger partial charge in [-0.2, -0.15) is 11.3 Å². The number of para-hydroxylation sites is 1. The zero-order chi connectivity index (χ0) is 26.3. The fourth-order valence-corrected chi connectivity index (χ4v) is 6.31. The molecule has 0 aliphatic carbocycles. The van der Waals surface area contributed by atoms with Crippen LogP contribution in [0.1, 0.15) is 29.2 Å². The summed E-state index contributed by atoms with van der Waals surface area (Å²) in [7, 11) is 0. The number of thiol groups is 1. The Morgan fingerprint density at radius 1 is 1.00 bits per heavy atom. The third-order valence-corrected chi connectivity index (χ3v) is 8.31. The van der Waals surface area contributed by atoms with Gasteiger partial charge in [-0.3, -0.25) is 18.9 Å². The van der Waals surface area contributed by atoms with Crippen LogP contribution in [0, 0.1) is 0 Å². The van der Waals surface area contributed by atoms with Crippen LogP contribution in [0.25, 0.3) is 10.9 Å². The Morgan fingerprint density at radius 2 is 1.82 bits per heavy atom. The average molecular weight is 558 g/mol. The first-order valence-corrected chi connectivity index (χ1v) is 13.5. The van der Waals surface area contributed by atoms with E-state index in [1.54, 1.807) is 48.7 Å². The number of rotatable bonds is 5. The molecule has 3 aromatic heterocycles. The molecule has 2 atom stereocenters. The number of thiophene rings is 1. The molecule has 9 heteroatoms. The number of pyridine rings is 2. The second kappa shape index (κ2) is 9.87. The third-order valence-electron chi connectivity index (χ3n) is 6.74. The minimum absolute atomic E-state index is 0.0266. The highest BCUT2D eigenvalue weighted by Crippen LogP contribution is 2.48. The molecule has 0 bridgehead atoms. The minimum atomic E-state index is -1.23. The molecule has 1 fully saturated rings. The van der Waals surface area contributed by atoms with Gasteiger partial charge >= 0.3 is 0 Å². The van der Waals surface area contributed by atoms with Crippen molar-refractivity contribution in [2.75, 3.05) is 0 Å². The molecule has 6 nitrogen and oxygen atoms in total. The monoisotopic (exact) mass is 557 g/mol. The van der Waals surface area contributed by atoms with Crippen LogP contribution in [0.5, 0.6) is 11.6 Å². The number of aromatic nitrogens is 2. The molecule has 188 valence electrons. The lowest BCUT2D eigenvalue weighted by molar-refractivity contribution is -0.142. The van der Waals surface area contributed by atoms with Crippen LogP contribution in [0.3, 0.4) is 0 Å². The fraction of sp³-hybridized carbons (Fsp3) is 0.103. The zero-order valence-corrected chi connectivity index (χ0v) is 22.3. The molecule has 0 spiro atoms. The molecule has 38 heavy (non-hydrogen) atoms. The van der Waals surface area contributed by atoms with E-state index in [0.29, 0.717) is 33.4 Å². The van der Waals surface area contributed by atoms with E-state index in [4.69, 9.17) is 34.1 Å². The molecule has 0 saturated carbocycles. The number of hydrogen-bond donors (Lipinski definition) is 1. The van der Waals surface area contributed by atoms with Gasteiger partial charge in [0.05, 0.1) is 5.69 Å². The van der Waals surface area contributed by atoms with Gasteiger partial charge in [0.1, 0.15) is 17.0 Å². The number of piperidine rings is 1. The molecule has 6 rings (SSSR count). The lowest BCUT2D eigenvalue weighted by Gasteiger charge is -2.45. The Bertz CT molecular complexity index is 1670. The van der Waals surface area contributed by atoms with Crippen LogP contribution in [0.4, 0.5) is 0 Å². The standard InChI is InChI=1S/C29H20ClN3O3S2/c30-21-9-2-1-8-20(21)26-22(34)16-29(33(37)28(26)35,19-13-15-38-17-19)24-11-4-12-25(32-24)36-23-10-3-6-18-7-5-14-31-27(18)23/h1-15,17,26,37H,16H2. The van der Waals surface area contributed by atoms with Gasteiger partial charge < -0.3 is 4.74 Å². The summed E-state index contributed by atoms with van der Waals surface area (Å²) in [6, 6.07) is 23.6. The third kappa shape index (κ3) is 4.05. The van der Waals surface area contributed by atoms with Gasteiger partial charge in [-0.1, -0.05) is 66.9 Å². The number of carbonyl (C=O) groups is 2. The van der Waals surface area contributed by atoms with Gasteiger partial charge in [0.2, 0.25) is 11.8 Å². The molecule has 4 heterocycles. The van der Waals surface area contributed by atoms with Crippen molar-refractivity contribution in [1.29, 1.82) is 0 Å². The van der Waals surface area contributed by atoms with E-state index in [1.165, 1.54) is 15.6 Å². The van der Waals surface area contributed by atoms with Crippen LogP contribution in [0.2, 0.25) is 5.02 Å². The van der Waals surface area contributed by atoms with E-state index >= 15 is 0 Å². The number of hydrogen-bond acceptors (Lipinski definition) is 7. The van der Waals surface area contributed by atoms with Crippen molar-refractivity contribution in [3.8, 4) is 11.6 Å². The van der Waals surface area contributed by atoms with Crippen molar-refractivity contribution in [3.05, 3.63) is 118 Å². The number of carbonyl (C=O) groups excluding carboxylic acids is 2.